The molecule has 1 unspecified atom stereocenters. The molecule has 0 spiro atoms. The summed E-state index contributed by atoms with van der Waals surface area (Å²) in [5, 5.41) is 6.21. The molecule has 0 aromatic heterocycles. The Morgan fingerprint density at radius 1 is 1.29 bits per heavy atom. The number of amides is 1. The fourth-order valence-electron chi connectivity index (χ4n) is 1.72. The molecule has 0 radical (unpaired) electrons. The number of hydrogen-bond donors (Lipinski definition) is 2. The zero-order chi connectivity index (χ0) is 13.5. The monoisotopic (exact) mass is 244 g/mol. The highest BCUT2D eigenvalue weighted by Crippen LogP contribution is 2.15. The highest BCUT2D eigenvalue weighted by Gasteiger charge is 2.19. The van der Waals surface area contributed by atoms with Gasteiger partial charge in [0.15, 0.2) is 0 Å². The van der Waals surface area contributed by atoms with E-state index in [2.05, 4.69) is 31.4 Å². The lowest BCUT2D eigenvalue weighted by Gasteiger charge is -2.27. The summed E-state index contributed by atoms with van der Waals surface area (Å²) in [6.07, 6.45) is 1.45. The Morgan fingerprint density at radius 3 is 2.35 bits per heavy atom. The van der Waals surface area contributed by atoms with Crippen molar-refractivity contribution in [3.8, 4) is 0 Å². The van der Waals surface area contributed by atoms with Gasteiger partial charge < -0.3 is 15.4 Å². The minimum atomic E-state index is -0.118. The average molecular weight is 244 g/mol. The molecule has 0 aromatic rings. The van der Waals surface area contributed by atoms with Crippen molar-refractivity contribution in [2.45, 2.75) is 65.1 Å². The van der Waals surface area contributed by atoms with Gasteiger partial charge in [0.2, 0.25) is 5.91 Å². The number of methoxy groups -OCH3 is 1. The van der Waals surface area contributed by atoms with Crippen molar-refractivity contribution in [3.63, 3.8) is 0 Å². The third-order valence-corrected chi connectivity index (χ3v) is 2.64. The van der Waals surface area contributed by atoms with Crippen LogP contribution in [0, 0.1) is 0 Å². The maximum atomic E-state index is 11.4. The van der Waals surface area contributed by atoms with Crippen LogP contribution < -0.4 is 10.6 Å². The standard InChI is InChI=1S/C13H28N2O2/c1-10(2)15-12(16)7-8-14-11(3)9-13(4,5)17-6/h10-11,14H,7-9H2,1-6H3,(H,15,16). The van der Waals surface area contributed by atoms with Crippen LogP contribution in [0.4, 0.5) is 0 Å². The Morgan fingerprint density at radius 2 is 1.88 bits per heavy atom. The Hall–Kier alpha value is -0.610. The first kappa shape index (κ1) is 16.4. The molecule has 102 valence electrons. The Kier molecular flexibility index (Phi) is 7.39. The highest BCUT2D eigenvalue weighted by atomic mass is 16.5. The molecular formula is C13H28N2O2. The second-order valence-electron chi connectivity index (χ2n) is 5.50. The average Bonchev–Trinajstić information content (AvgIpc) is 2.15. The summed E-state index contributed by atoms with van der Waals surface area (Å²) < 4.78 is 5.37. The van der Waals surface area contributed by atoms with Crippen LogP contribution in [-0.4, -0.2) is 37.2 Å². The number of hydrogen-bond acceptors (Lipinski definition) is 3. The minimum absolute atomic E-state index is 0.103. The van der Waals surface area contributed by atoms with E-state index in [9.17, 15) is 4.79 Å². The van der Waals surface area contributed by atoms with Gasteiger partial charge in [-0.15, -0.1) is 0 Å². The molecule has 0 aliphatic rings. The molecule has 4 nitrogen and oxygen atoms in total. The molecule has 0 saturated heterocycles. The van der Waals surface area contributed by atoms with E-state index in [-0.39, 0.29) is 17.6 Å². The molecule has 0 fully saturated rings. The van der Waals surface area contributed by atoms with Gasteiger partial charge in [0.25, 0.3) is 0 Å². The first-order valence-electron chi connectivity index (χ1n) is 6.34. The molecule has 1 amide bonds. The molecule has 0 bridgehead atoms. The van der Waals surface area contributed by atoms with Crippen LogP contribution in [0.15, 0.2) is 0 Å². The summed E-state index contributed by atoms with van der Waals surface area (Å²) in [7, 11) is 1.73. The zero-order valence-electron chi connectivity index (χ0n) is 12.1. The quantitative estimate of drug-likeness (QED) is 0.683. The van der Waals surface area contributed by atoms with Crippen molar-refractivity contribution in [1.29, 1.82) is 0 Å². The fraction of sp³-hybridized carbons (Fsp3) is 0.923. The topological polar surface area (TPSA) is 50.4 Å². The van der Waals surface area contributed by atoms with Crippen LogP contribution in [0.5, 0.6) is 0 Å². The zero-order valence-corrected chi connectivity index (χ0v) is 12.1. The summed E-state index contributed by atoms with van der Waals surface area (Å²) in [6.45, 7) is 10.9. The van der Waals surface area contributed by atoms with Crippen LogP contribution in [0.25, 0.3) is 0 Å². The molecule has 1 atom stereocenters. The number of nitrogens with one attached hydrogen (secondary N) is 2. The number of rotatable bonds is 8. The third-order valence-electron chi connectivity index (χ3n) is 2.64. The van der Waals surface area contributed by atoms with Crippen molar-refractivity contribution < 1.29 is 9.53 Å². The van der Waals surface area contributed by atoms with Gasteiger partial charge in [-0.25, -0.2) is 0 Å². The number of carbonyl (C=O) groups is 1. The third kappa shape index (κ3) is 9.12. The summed E-state index contributed by atoms with van der Waals surface area (Å²) in [5.74, 6) is 0.103. The van der Waals surface area contributed by atoms with E-state index in [1.54, 1.807) is 7.11 Å². The van der Waals surface area contributed by atoms with E-state index in [0.717, 1.165) is 6.42 Å². The van der Waals surface area contributed by atoms with Crippen LogP contribution >= 0.6 is 0 Å². The molecule has 0 aliphatic heterocycles. The Bertz CT molecular complexity index is 227. The lowest BCUT2D eigenvalue weighted by atomic mass is 10.00. The fourth-order valence-corrected chi connectivity index (χ4v) is 1.72. The van der Waals surface area contributed by atoms with Gasteiger partial charge in [-0.2, -0.15) is 0 Å². The van der Waals surface area contributed by atoms with Gasteiger partial charge in [0, 0.05) is 32.2 Å². The lowest BCUT2D eigenvalue weighted by molar-refractivity contribution is -0.121. The predicted molar refractivity (Wildman–Crippen MR) is 71.1 cm³/mol. The number of carbonyl (C=O) groups excluding carboxylic acids is 1. The second kappa shape index (κ2) is 7.67. The van der Waals surface area contributed by atoms with Crippen molar-refractivity contribution in [2.75, 3.05) is 13.7 Å². The summed E-state index contributed by atoms with van der Waals surface area (Å²) in [6, 6.07) is 0.559. The molecule has 0 rings (SSSR count). The van der Waals surface area contributed by atoms with Crippen LogP contribution in [0.3, 0.4) is 0 Å². The van der Waals surface area contributed by atoms with Crippen LogP contribution in [-0.2, 0) is 9.53 Å². The smallest absolute Gasteiger partial charge is 0.221 e. The summed E-state index contributed by atoms with van der Waals surface area (Å²) >= 11 is 0. The van der Waals surface area contributed by atoms with Gasteiger partial charge in [0.1, 0.15) is 0 Å². The molecule has 0 aromatic carbocycles. The normalized spacial score (nSPS) is 13.8. The Labute approximate surface area is 105 Å². The number of ether oxygens (including phenoxy) is 1. The van der Waals surface area contributed by atoms with Gasteiger partial charge in [-0.1, -0.05) is 0 Å². The van der Waals surface area contributed by atoms with Gasteiger partial charge in [-0.05, 0) is 41.0 Å². The van der Waals surface area contributed by atoms with E-state index < -0.39 is 0 Å². The van der Waals surface area contributed by atoms with Gasteiger partial charge in [-0.3, -0.25) is 4.79 Å². The molecule has 17 heavy (non-hydrogen) atoms. The maximum Gasteiger partial charge on any atom is 0.221 e. The van der Waals surface area contributed by atoms with E-state index in [4.69, 9.17) is 4.74 Å². The molecule has 4 heteroatoms. The summed E-state index contributed by atoms with van der Waals surface area (Å²) in [5.41, 5.74) is -0.118. The molecule has 0 heterocycles. The predicted octanol–water partition coefficient (Wildman–Crippen LogP) is 1.69. The van der Waals surface area contributed by atoms with Crippen molar-refractivity contribution >= 4 is 5.91 Å². The van der Waals surface area contributed by atoms with Gasteiger partial charge in [0.05, 0.1) is 5.60 Å². The first-order valence-corrected chi connectivity index (χ1v) is 6.34. The van der Waals surface area contributed by atoms with Crippen molar-refractivity contribution in [2.24, 2.45) is 0 Å². The minimum Gasteiger partial charge on any atom is -0.379 e. The molecule has 0 aliphatic carbocycles. The highest BCUT2D eigenvalue weighted by molar-refractivity contribution is 5.76. The molecular weight excluding hydrogens is 216 g/mol. The SMILES string of the molecule is COC(C)(C)CC(C)NCCC(=O)NC(C)C. The Balaban J connectivity index is 3.71. The van der Waals surface area contributed by atoms with Crippen LogP contribution in [0.1, 0.15) is 47.5 Å². The summed E-state index contributed by atoms with van der Waals surface area (Å²) in [4.78, 5) is 11.4. The van der Waals surface area contributed by atoms with Crippen molar-refractivity contribution in [3.05, 3.63) is 0 Å². The molecule has 0 saturated carbocycles. The van der Waals surface area contributed by atoms with Crippen LogP contribution in [0.2, 0.25) is 0 Å². The van der Waals surface area contributed by atoms with E-state index in [1.807, 2.05) is 13.8 Å². The van der Waals surface area contributed by atoms with E-state index in [1.165, 1.54) is 0 Å². The van der Waals surface area contributed by atoms with E-state index >= 15 is 0 Å². The largest absolute Gasteiger partial charge is 0.379 e. The molecule has 2 N–H and O–H groups in total. The van der Waals surface area contributed by atoms with Gasteiger partial charge >= 0.3 is 0 Å². The first-order chi connectivity index (χ1) is 7.76. The van der Waals surface area contributed by atoms with Crippen molar-refractivity contribution in [1.82, 2.24) is 10.6 Å². The lowest BCUT2D eigenvalue weighted by Crippen LogP contribution is -2.38. The maximum absolute atomic E-state index is 11.4. The van der Waals surface area contributed by atoms with E-state index in [0.29, 0.717) is 19.0 Å². The second-order valence-corrected chi connectivity index (χ2v) is 5.50.